The van der Waals surface area contributed by atoms with Crippen LogP contribution in [0.25, 0.3) is 16.7 Å². The Labute approximate surface area is 188 Å². The highest BCUT2D eigenvalue weighted by Crippen LogP contribution is 2.41. The first-order valence-corrected chi connectivity index (χ1v) is 11.3. The molecule has 0 saturated carbocycles. The summed E-state index contributed by atoms with van der Waals surface area (Å²) in [6, 6.07) is 5.99. The first kappa shape index (κ1) is 22.6. The maximum absolute atomic E-state index is 12.3. The molecule has 0 spiro atoms. The number of aryl methyl sites for hydroxylation is 2. The van der Waals surface area contributed by atoms with E-state index in [-0.39, 0.29) is 0 Å². The molecule has 7 nitrogen and oxygen atoms in total. The number of aliphatic hydroxyl groups is 1. The van der Waals surface area contributed by atoms with Crippen LogP contribution in [-0.2, 0) is 23.0 Å². The van der Waals surface area contributed by atoms with E-state index in [0.29, 0.717) is 18.0 Å². The fraction of sp³-hybridized carbons (Fsp3) is 0.520. The number of allylic oxidation sites excluding steroid dienone is 1. The second-order valence-corrected chi connectivity index (χ2v) is 9.61. The molecule has 1 aromatic carbocycles. The largest absolute Gasteiger partial charge is 0.493 e. The highest BCUT2D eigenvalue weighted by Gasteiger charge is 2.35. The summed E-state index contributed by atoms with van der Waals surface area (Å²) in [7, 11) is 1.76. The topological polar surface area (TPSA) is 93.8 Å². The Balaban J connectivity index is 1.93. The first-order valence-electron chi connectivity index (χ1n) is 11.3. The van der Waals surface area contributed by atoms with Gasteiger partial charge in [0.05, 0.1) is 29.7 Å². The number of benzene rings is 1. The molecular weight excluding hydrogens is 408 g/mol. The fourth-order valence-electron chi connectivity index (χ4n) is 4.54. The number of carbonyl (C=O) groups is 1. The minimum atomic E-state index is -1.18. The Bertz CT molecular complexity index is 1050. The van der Waals surface area contributed by atoms with Crippen LogP contribution in [0.1, 0.15) is 69.5 Å². The van der Waals surface area contributed by atoms with E-state index in [1.165, 1.54) is 0 Å². The second kappa shape index (κ2) is 8.71. The molecule has 0 amide bonds. The van der Waals surface area contributed by atoms with Crippen molar-refractivity contribution in [1.82, 2.24) is 9.78 Å². The zero-order valence-corrected chi connectivity index (χ0v) is 19.2. The van der Waals surface area contributed by atoms with Crippen LogP contribution < -0.4 is 4.74 Å². The van der Waals surface area contributed by atoms with E-state index in [2.05, 4.69) is 6.07 Å². The third-order valence-corrected chi connectivity index (χ3v) is 5.88. The summed E-state index contributed by atoms with van der Waals surface area (Å²) in [4.78, 5) is 12.3. The lowest BCUT2D eigenvalue weighted by atomic mass is 9.89. The van der Waals surface area contributed by atoms with E-state index >= 15 is 0 Å². The van der Waals surface area contributed by atoms with E-state index < -0.39 is 23.8 Å². The Hall–Kier alpha value is -2.64. The van der Waals surface area contributed by atoms with Gasteiger partial charge >= 0.3 is 5.97 Å². The van der Waals surface area contributed by atoms with Crippen molar-refractivity contribution >= 4 is 11.5 Å². The van der Waals surface area contributed by atoms with Crippen LogP contribution >= 0.6 is 0 Å². The number of rotatable bonds is 5. The van der Waals surface area contributed by atoms with Gasteiger partial charge in [0.15, 0.2) is 6.10 Å². The van der Waals surface area contributed by atoms with Crippen LogP contribution in [0.5, 0.6) is 5.75 Å². The van der Waals surface area contributed by atoms with Gasteiger partial charge in [-0.3, -0.25) is 4.68 Å². The molecule has 0 saturated heterocycles. The molecule has 7 heteroatoms. The molecule has 0 fully saturated rings. The molecule has 0 radical (unpaired) electrons. The molecule has 1 aromatic heterocycles. The molecular formula is C25H32N2O5. The highest BCUT2D eigenvalue weighted by molar-refractivity contribution is 5.86. The van der Waals surface area contributed by atoms with Gasteiger partial charge in [-0.2, -0.15) is 5.10 Å². The van der Waals surface area contributed by atoms with Crippen molar-refractivity contribution in [3.05, 3.63) is 41.2 Å². The van der Waals surface area contributed by atoms with E-state index in [1.807, 2.05) is 39.0 Å². The molecule has 1 aliphatic carbocycles. The van der Waals surface area contributed by atoms with Crippen LogP contribution in [0, 0.1) is 0 Å². The molecule has 32 heavy (non-hydrogen) atoms. The average molecular weight is 441 g/mol. The number of hydrogen-bond donors (Lipinski definition) is 2. The molecule has 4 rings (SSSR count). The normalized spacial score (nSPS) is 19.7. The van der Waals surface area contributed by atoms with Gasteiger partial charge in [0.2, 0.25) is 0 Å². The SMILES string of the molecule is Cn1nc(C2=CC(O)CCC2)c(-c2ccc3c(c2)CCCO3)c1C(OC(C)(C)C)C(=O)O. The number of ether oxygens (including phenoxy) is 2. The number of aliphatic hydroxyl groups excluding tert-OH is 1. The van der Waals surface area contributed by atoms with Gasteiger partial charge < -0.3 is 19.7 Å². The third-order valence-electron chi connectivity index (χ3n) is 5.88. The fourth-order valence-corrected chi connectivity index (χ4v) is 4.54. The number of hydrogen-bond acceptors (Lipinski definition) is 5. The van der Waals surface area contributed by atoms with Gasteiger partial charge in [-0.25, -0.2) is 4.79 Å². The summed E-state index contributed by atoms with van der Waals surface area (Å²) in [5, 5.41) is 25.1. The Morgan fingerprint density at radius 2 is 2.06 bits per heavy atom. The average Bonchev–Trinajstić information content (AvgIpc) is 3.07. The van der Waals surface area contributed by atoms with Crippen molar-refractivity contribution in [3.8, 4) is 16.9 Å². The molecule has 2 N–H and O–H groups in total. The standard InChI is InChI=1S/C25H32N2O5/c1-25(2,3)32-23(24(29)30)22-20(16-10-11-19-15(13-16)8-6-12-31-19)21(26-27(22)4)17-7-5-9-18(28)14-17/h10-11,13-14,18,23,28H,5-9,12H2,1-4H3,(H,29,30). The van der Waals surface area contributed by atoms with Crippen LogP contribution in [0.2, 0.25) is 0 Å². The van der Waals surface area contributed by atoms with E-state index in [1.54, 1.807) is 11.7 Å². The van der Waals surface area contributed by atoms with Crippen molar-refractivity contribution in [1.29, 1.82) is 0 Å². The highest BCUT2D eigenvalue weighted by atomic mass is 16.5. The van der Waals surface area contributed by atoms with Crippen molar-refractivity contribution in [3.63, 3.8) is 0 Å². The van der Waals surface area contributed by atoms with Gasteiger partial charge in [-0.1, -0.05) is 12.1 Å². The summed E-state index contributed by atoms with van der Waals surface area (Å²) in [6.45, 7) is 6.24. The Morgan fingerprint density at radius 3 is 2.75 bits per heavy atom. The molecule has 2 unspecified atom stereocenters. The van der Waals surface area contributed by atoms with Crippen LogP contribution in [0.4, 0.5) is 0 Å². The smallest absolute Gasteiger partial charge is 0.339 e. The number of aromatic nitrogens is 2. The predicted octanol–water partition coefficient (Wildman–Crippen LogP) is 4.28. The summed E-state index contributed by atoms with van der Waals surface area (Å²) in [5.74, 6) is -0.185. The molecule has 2 aromatic rings. The van der Waals surface area contributed by atoms with Gasteiger partial charge in [-0.05, 0) is 81.7 Å². The summed E-state index contributed by atoms with van der Waals surface area (Å²) in [5.41, 5.74) is 4.23. The second-order valence-electron chi connectivity index (χ2n) is 9.61. The summed E-state index contributed by atoms with van der Waals surface area (Å²) >= 11 is 0. The number of carboxylic acids is 1. The molecule has 2 aliphatic rings. The lowest BCUT2D eigenvalue weighted by Crippen LogP contribution is -2.29. The molecule has 172 valence electrons. The van der Waals surface area contributed by atoms with Crippen molar-refractivity contribution < 1.29 is 24.5 Å². The van der Waals surface area contributed by atoms with E-state index in [9.17, 15) is 15.0 Å². The summed E-state index contributed by atoms with van der Waals surface area (Å²) < 4.78 is 13.4. The van der Waals surface area contributed by atoms with Crippen LogP contribution in [0.3, 0.4) is 0 Å². The molecule has 0 bridgehead atoms. The minimum absolute atomic E-state index is 0.500. The lowest BCUT2D eigenvalue weighted by molar-refractivity contribution is -0.161. The Kier molecular flexibility index (Phi) is 6.14. The van der Waals surface area contributed by atoms with Crippen molar-refractivity contribution in [2.75, 3.05) is 6.61 Å². The predicted molar refractivity (Wildman–Crippen MR) is 122 cm³/mol. The lowest BCUT2D eigenvalue weighted by Gasteiger charge is -2.26. The zero-order valence-electron chi connectivity index (χ0n) is 19.2. The minimum Gasteiger partial charge on any atom is -0.493 e. The molecule has 1 aliphatic heterocycles. The number of carboxylic acid groups (broad SMARTS) is 1. The third kappa shape index (κ3) is 4.59. The van der Waals surface area contributed by atoms with Gasteiger partial charge in [0.1, 0.15) is 5.75 Å². The van der Waals surface area contributed by atoms with Crippen LogP contribution in [-0.4, -0.2) is 44.3 Å². The first-order chi connectivity index (χ1) is 15.1. The van der Waals surface area contributed by atoms with Gasteiger partial charge in [0, 0.05) is 12.6 Å². The van der Waals surface area contributed by atoms with Gasteiger partial charge in [-0.15, -0.1) is 0 Å². The number of fused-ring (bicyclic) bond motifs is 1. The van der Waals surface area contributed by atoms with E-state index in [0.717, 1.165) is 60.1 Å². The maximum Gasteiger partial charge on any atom is 0.339 e. The van der Waals surface area contributed by atoms with Crippen molar-refractivity contribution in [2.45, 2.75) is 70.7 Å². The number of nitrogens with zero attached hydrogens (tertiary/aromatic N) is 2. The summed E-state index contributed by atoms with van der Waals surface area (Å²) in [6.07, 6.45) is 4.37. The quantitative estimate of drug-likeness (QED) is 0.721. The molecule has 2 atom stereocenters. The maximum atomic E-state index is 12.3. The molecule has 2 heterocycles. The number of aliphatic carboxylic acids is 1. The monoisotopic (exact) mass is 440 g/mol. The Morgan fingerprint density at radius 1 is 1.28 bits per heavy atom. The zero-order chi connectivity index (χ0) is 23.0. The van der Waals surface area contributed by atoms with Gasteiger partial charge in [0.25, 0.3) is 0 Å². The van der Waals surface area contributed by atoms with Crippen molar-refractivity contribution in [2.24, 2.45) is 7.05 Å². The van der Waals surface area contributed by atoms with Crippen LogP contribution in [0.15, 0.2) is 24.3 Å². The van der Waals surface area contributed by atoms with E-state index in [4.69, 9.17) is 14.6 Å².